The van der Waals surface area contributed by atoms with E-state index in [0.717, 1.165) is 11.4 Å². The molecule has 0 radical (unpaired) electrons. The zero-order chi connectivity index (χ0) is 20.0. The molecule has 2 aliphatic rings. The molecule has 6 rings (SSSR count). The van der Waals surface area contributed by atoms with Crippen LogP contribution in [-0.4, -0.2) is 0 Å². The predicted molar refractivity (Wildman–Crippen MR) is 127 cm³/mol. The zero-order valence-corrected chi connectivity index (χ0v) is 17.4. The van der Waals surface area contributed by atoms with E-state index in [-0.39, 0.29) is 5.66 Å². The Labute approximate surface area is 177 Å². The first-order valence-corrected chi connectivity index (χ1v) is 12.5. The Kier molecular flexibility index (Phi) is 3.69. The van der Waals surface area contributed by atoms with Crippen LogP contribution in [0.5, 0.6) is 5.75 Å². The van der Waals surface area contributed by atoms with Gasteiger partial charge in [-0.15, -0.1) is 0 Å². The molecule has 0 aromatic heterocycles. The Hall–Kier alpha value is -3.35. The van der Waals surface area contributed by atoms with E-state index in [1.807, 2.05) is 0 Å². The van der Waals surface area contributed by atoms with Gasteiger partial charge in [-0.2, -0.15) is 0 Å². The number of fused-ring (bicyclic) bond motifs is 3. The van der Waals surface area contributed by atoms with Gasteiger partial charge in [0.25, 0.3) is 0 Å². The summed E-state index contributed by atoms with van der Waals surface area (Å²) >= 11 is 0. The first-order chi connectivity index (χ1) is 14.8. The molecule has 0 saturated carbocycles. The third-order valence-electron chi connectivity index (χ3n) is 6.40. The number of anilines is 1. The molecule has 30 heavy (non-hydrogen) atoms. The molecule has 4 aromatic rings. The van der Waals surface area contributed by atoms with Crippen LogP contribution in [-0.2, 0) is 0 Å². The first kappa shape index (κ1) is 17.5. The van der Waals surface area contributed by atoms with Gasteiger partial charge in [-0.05, 0) is 0 Å². The quantitative estimate of drug-likeness (QED) is 0.376. The Morgan fingerprint density at radius 3 is 1.77 bits per heavy atom. The molecule has 0 bridgehead atoms. The fourth-order valence-electron chi connectivity index (χ4n) is 5.20. The fraction of sp³-hybridized carbons (Fsp3) is 0.0370. The molecule has 146 valence electrons. The van der Waals surface area contributed by atoms with E-state index >= 15 is 0 Å². The minimum atomic E-state index is -3.38. The number of benzene rings is 4. The van der Waals surface area contributed by atoms with Gasteiger partial charge >= 0.3 is 177 Å². The monoisotopic (exact) mass is 407 g/mol. The van der Waals surface area contributed by atoms with Crippen molar-refractivity contribution in [2.24, 2.45) is 0 Å². The Morgan fingerprint density at radius 2 is 1.13 bits per heavy atom. The minimum absolute atomic E-state index is 0.0920. The summed E-state index contributed by atoms with van der Waals surface area (Å²) in [6.07, 6.45) is 4.59. The van der Waals surface area contributed by atoms with Gasteiger partial charge in [0.2, 0.25) is 0 Å². The molecule has 2 aliphatic heterocycles. The third kappa shape index (κ3) is 2.02. The summed E-state index contributed by atoms with van der Waals surface area (Å²) in [5, 5.41) is 2.48. The summed E-state index contributed by atoms with van der Waals surface area (Å²) < 4.78 is 9.80. The van der Waals surface area contributed by atoms with Gasteiger partial charge in [0.05, 0.1) is 0 Å². The van der Waals surface area contributed by atoms with Crippen molar-refractivity contribution in [1.29, 1.82) is 0 Å². The SMILES string of the molecule is C1=CN2c3ccccc3OP2(c2ccccc2)(c2ccccc2)C1c1ccccc1. The van der Waals surface area contributed by atoms with Crippen molar-refractivity contribution in [3.63, 3.8) is 0 Å². The van der Waals surface area contributed by atoms with Crippen molar-refractivity contribution in [2.45, 2.75) is 5.66 Å². The molecule has 0 aliphatic carbocycles. The zero-order valence-electron chi connectivity index (χ0n) is 16.5. The second kappa shape index (κ2) is 6.32. The van der Waals surface area contributed by atoms with Crippen LogP contribution in [0.15, 0.2) is 128 Å². The molecular weight excluding hydrogens is 385 g/mol. The van der Waals surface area contributed by atoms with Gasteiger partial charge in [-0.1, -0.05) is 0 Å². The summed E-state index contributed by atoms with van der Waals surface area (Å²) in [6.45, 7) is -3.38. The van der Waals surface area contributed by atoms with Crippen LogP contribution in [0.3, 0.4) is 0 Å². The average molecular weight is 407 g/mol. The molecular formula is C27H22NOP. The van der Waals surface area contributed by atoms with E-state index in [1.165, 1.54) is 16.2 Å². The molecule has 0 saturated heterocycles. The Morgan fingerprint density at radius 1 is 0.600 bits per heavy atom. The van der Waals surface area contributed by atoms with Gasteiger partial charge in [0.15, 0.2) is 0 Å². The van der Waals surface area contributed by atoms with Gasteiger partial charge in [0.1, 0.15) is 0 Å². The molecule has 1 unspecified atom stereocenters. The molecule has 2 heterocycles. The summed E-state index contributed by atoms with van der Waals surface area (Å²) in [7, 11) is 0. The van der Waals surface area contributed by atoms with E-state index in [2.05, 4.69) is 132 Å². The van der Waals surface area contributed by atoms with E-state index in [4.69, 9.17) is 4.52 Å². The van der Waals surface area contributed by atoms with Gasteiger partial charge in [0, 0.05) is 0 Å². The molecule has 3 heteroatoms. The van der Waals surface area contributed by atoms with E-state index < -0.39 is 6.98 Å². The van der Waals surface area contributed by atoms with Crippen molar-refractivity contribution in [3.8, 4) is 5.75 Å². The van der Waals surface area contributed by atoms with Crippen LogP contribution in [0.1, 0.15) is 11.2 Å². The van der Waals surface area contributed by atoms with E-state index in [9.17, 15) is 0 Å². The van der Waals surface area contributed by atoms with Crippen molar-refractivity contribution < 1.29 is 4.52 Å². The summed E-state index contributed by atoms with van der Waals surface area (Å²) in [5.74, 6) is 0.952. The topological polar surface area (TPSA) is 12.5 Å². The number of allylic oxidation sites excluding steroid dienone is 1. The predicted octanol–water partition coefficient (Wildman–Crippen LogP) is 6.19. The molecule has 2 nitrogen and oxygen atoms in total. The number of rotatable bonds is 3. The van der Waals surface area contributed by atoms with Gasteiger partial charge in [-0.25, -0.2) is 0 Å². The van der Waals surface area contributed by atoms with Crippen LogP contribution in [0, 0.1) is 0 Å². The van der Waals surface area contributed by atoms with Crippen LogP contribution in [0.4, 0.5) is 5.69 Å². The summed E-state index contributed by atoms with van der Waals surface area (Å²) in [4.78, 5) is 0. The summed E-state index contributed by atoms with van der Waals surface area (Å²) in [6, 6.07) is 40.9. The molecule has 0 N–H and O–H groups in total. The van der Waals surface area contributed by atoms with Crippen LogP contribution in [0.25, 0.3) is 0 Å². The third-order valence-corrected chi connectivity index (χ3v) is 12.3. The molecule has 4 aromatic carbocycles. The van der Waals surface area contributed by atoms with Gasteiger partial charge in [-0.3, -0.25) is 0 Å². The number of hydrogen-bond acceptors (Lipinski definition) is 2. The van der Waals surface area contributed by atoms with Crippen LogP contribution < -0.4 is 19.8 Å². The molecule has 0 spiro atoms. The van der Waals surface area contributed by atoms with Gasteiger partial charge < -0.3 is 0 Å². The maximum atomic E-state index is 7.34. The maximum absolute atomic E-state index is 7.34. The first-order valence-electron chi connectivity index (χ1n) is 10.3. The van der Waals surface area contributed by atoms with E-state index in [0.29, 0.717) is 0 Å². The van der Waals surface area contributed by atoms with Crippen LogP contribution in [0.2, 0.25) is 0 Å². The fourth-order valence-corrected chi connectivity index (χ4v) is 11.4. The summed E-state index contributed by atoms with van der Waals surface area (Å²) in [5.41, 5.74) is 2.50. The molecule has 1 atom stereocenters. The average Bonchev–Trinajstić information content (AvgIpc) is 3.33. The Bertz CT molecular complexity index is 1200. The van der Waals surface area contributed by atoms with Crippen molar-refractivity contribution in [1.82, 2.24) is 0 Å². The second-order valence-electron chi connectivity index (χ2n) is 7.83. The standard InChI is InChI=1S/C27H22NOP/c1-4-12-22(13-5-1)27-20-21-28-25-18-10-11-19-26(25)29-30(27,28,23-14-6-2-7-15-23)24-16-8-3-9-17-24/h1-21,27H. The number of hydrogen-bond donors (Lipinski definition) is 0. The second-order valence-corrected chi connectivity index (χ2v) is 12.1. The molecule has 0 fully saturated rings. The normalized spacial score (nSPS) is 21.1. The van der Waals surface area contributed by atoms with Crippen molar-refractivity contribution >= 4 is 23.3 Å². The van der Waals surface area contributed by atoms with Crippen molar-refractivity contribution in [3.05, 3.63) is 133 Å². The number of para-hydroxylation sites is 2. The molecule has 0 amide bonds. The number of nitrogens with zero attached hydrogens (tertiary/aromatic N) is 1. The van der Waals surface area contributed by atoms with Crippen molar-refractivity contribution in [2.75, 3.05) is 4.67 Å². The van der Waals surface area contributed by atoms with Crippen LogP contribution >= 0.6 is 6.98 Å². The van der Waals surface area contributed by atoms with E-state index in [1.54, 1.807) is 0 Å². The Balaban J connectivity index is 1.78.